The zero-order chi connectivity index (χ0) is 36.8. The minimum Gasteiger partial charge on any atom is -0.293 e. The van der Waals surface area contributed by atoms with E-state index in [9.17, 15) is 0 Å². The van der Waals surface area contributed by atoms with Crippen LogP contribution in [0.4, 0.5) is 0 Å². The Balaban J connectivity index is 1.56. The van der Waals surface area contributed by atoms with Crippen LogP contribution in [-0.4, -0.2) is 12.8 Å². The molecule has 4 nitrogen and oxygen atoms in total. The Morgan fingerprint density at radius 2 is 0.902 bits per heavy atom. The van der Waals surface area contributed by atoms with Crippen LogP contribution in [0, 0.1) is 41.5 Å². The highest BCUT2D eigenvalue weighted by atomic mass is 14.9. The Kier molecular flexibility index (Phi) is 15.5. The first-order valence-electron chi connectivity index (χ1n) is 19.4. The molecule has 0 fully saturated rings. The van der Waals surface area contributed by atoms with Crippen molar-refractivity contribution in [3.63, 3.8) is 0 Å². The van der Waals surface area contributed by atoms with E-state index >= 15 is 0 Å². The molecule has 0 aliphatic rings. The minimum absolute atomic E-state index is 0.851. The van der Waals surface area contributed by atoms with Gasteiger partial charge < -0.3 is 0 Å². The van der Waals surface area contributed by atoms with Crippen LogP contribution in [0.25, 0.3) is 0 Å². The summed E-state index contributed by atoms with van der Waals surface area (Å²) in [7, 11) is 0. The van der Waals surface area contributed by atoms with E-state index in [1.165, 1.54) is 61.2 Å². The molecule has 270 valence electrons. The smallest absolute Gasteiger partial charge is 0.171 e. The van der Waals surface area contributed by atoms with Crippen LogP contribution < -0.4 is 13.7 Å². The van der Waals surface area contributed by atoms with Crippen molar-refractivity contribution in [3.8, 4) is 0 Å². The Morgan fingerprint density at radius 1 is 0.529 bits per heavy atom. The van der Waals surface area contributed by atoms with E-state index in [0.29, 0.717) is 0 Å². The van der Waals surface area contributed by atoms with E-state index in [0.717, 1.165) is 77.5 Å². The molecule has 0 bridgehead atoms. The van der Waals surface area contributed by atoms with Gasteiger partial charge in [0, 0.05) is 66.9 Å². The summed E-state index contributed by atoms with van der Waals surface area (Å²) in [5.41, 5.74) is 16.9. The molecule has 0 N–H and O–H groups in total. The highest BCUT2D eigenvalue weighted by Gasteiger charge is 2.14. The molecule has 3 aromatic heterocycles. The Morgan fingerprint density at radius 3 is 1.25 bits per heavy atom. The van der Waals surface area contributed by atoms with Crippen LogP contribution >= 0.6 is 0 Å². The fraction of sp³-hybridized carbons (Fsp3) is 0.447. The summed E-state index contributed by atoms with van der Waals surface area (Å²) in [4.78, 5) is 4.77. The van der Waals surface area contributed by atoms with Crippen molar-refractivity contribution in [3.05, 3.63) is 146 Å². The number of hydrogen-bond donors (Lipinski definition) is 0. The molecule has 0 saturated carbocycles. The lowest BCUT2D eigenvalue weighted by Gasteiger charge is -2.17. The maximum Gasteiger partial charge on any atom is 0.171 e. The molecule has 0 unspecified atom stereocenters. The molecule has 0 amide bonds. The third-order valence-corrected chi connectivity index (χ3v) is 10.8. The molecule has 3 heterocycles. The van der Waals surface area contributed by atoms with Crippen molar-refractivity contribution >= 4 is 6.21 Å². The normalized spacial score (nSPS) is 12.3. The number of allylic oxidation sites excluding steroid dienone is 4. The SMILES string of the molecule is C/C=C(C)\C(C)=C/C=NCCCc1cc(CCC[n+]2ccc(C)c(C)c2)c(CCC[n+]2ccc(C)c(C)c2)cc1CCC[n+]1ccc(C)c(C)c1. The van der Waals surface area contributed by atoms with E-state index in [-0.39, 0.29) is 0 Å². The van der Waals surface area contributed by atoms with Crippen LogP contribution in [0.1, 0.15) is 102 Å². The van der Waals surface area contributed by atoms with E-state index < -0.39 is 0 Å². The molecule has 0 aliphatic heterocycles. The second-order valence-corrected chi connectivity index (χ2v) is 14.8. The predicted molar refractivity (Wildman–Crippen MR) is 215 cm³/mol. The van der Waals surface area contributed by atoms with Gasteiger partial charge >= 0.3 is 0 Å². The summed E-state index contributed by atoms with van der Waals surface area (Å²) in [6.45, 7) is 23.6. The van der Waals surface area contributed by atoms with E-state index in [2.05, 4.69) is 156 Å². The van der Waals surface area contributed by atoms with Crippen LogP contribution in [0.15, 0.2) is 95.8 Å². The topological polar surface area (TPSA) is 24.0 Å². The number of rotatable bonds is 18. The minimum atomic E-state index is 0.851. The van der Waals surface area contributed by atoms with Crippen molar-refractivity contribution in [2.24, 2.45) is 4.99 Å². The number of aliphatic imine (C=N–C) groups is 1. The third-order valence-electron chi connectivity index (χ3n) is 10.8. The first-order valence-corrected chi connectivity index (χ1v) is 19.4. The van der Waals surface area contributed by atoms with Crippen molar-refractivity contribution in [1.82, 2.24) is 0 Å². The Bertz CT molecular complexity index is 1840. The number of hydrogen-bond acceptors (Lipinski definition) is 1. The van der Waals surface area contributed by atoms with Gasteiger partial charge in [-0.05, 0) is 145 Å². The van der Waals surface area contributed by atoms with Crippen molar-refractivity contribution in [2.75, 3.05) is 6.54 Å². The summed E-state index contributed by atoms with van der Waals surface area (Å²) in [5, 5.41) is 0. The van der Waals surface area contributed by atoms with E-state index in [4.69, 9.17) is 4.99 Å². The third kappa shape index (κ3) is 12.5. The van der Waals surface area contributed by atoms with Gasteiger partial charge in [-0.3, -0.25) is 4.99 Å². The van der Waals surface area contributed by atoms with Gasteiger partial charge in [-0.1, -0.05) is 23.8 Å². The molecular weight excluding hydrogens is 621 g/mol. The zero-order valence-electron chi connectivity index (χ0n) is 33.4. The molecule has 4 heteroatoms. The molecule has 0 saturated heterocycles. The quantitative estimate of drug-likeness (QED) is 0.0432. The number of aromatic nitrogens is 3. The van der Waals surface area contributed by atoms with Gasteiger partial charge in [0.25, 0.3) is 0 Å². The average Bonchev–Trinajstić information content (AvgIpc) is 3.11. The van der Waals surface area contributed by atoms with Gasteiger partial charge in [-0.15, -0.1) is 0 Å². The van der Waals surface area contributed by atoms with E-state index in [1.807, 2.05) is 6.21 Å². The first kappa shape index (κ1) is 39.6. The monoisotopic (exact) mass is 686 g/mol. The molecule has 0 radical (unpaired) electrons. The maximum atomic E-state index is 4.77. The predicted octanol–water partition coefficient (Wildman–Crippen LogP) is 9.21. The lowest BCUT2D eigenvalue weighted by molar-refractivity contribution is -0.697. The Labute approximate surface area is 310 Å². The standard InChI is InChI=1S/C47H65N4/c1-10-36(2)37(3)19-24-48-23-11-15-44-31-46(17-13-26-50-29-21-39(5)42(8)34-50)47(18-14-27-51-30-22-40(6)43(9)35-51)32-45(44)16-12-25-49-28-20-38(4)41(7)33-49/h10,19-22,24,28-35H,11-18,23,25-27H2,1-9H3/q+3/b36-10-,37-19-,48-24?. The highest BCUT2D eigenvalue weighted by Crippen LogP contribution is 2.24. The summed E-state index contributed by atoms with van der Waals surface area (Å²) in [6, 6.07) is 11.9. The van der Waals surface area contributed by atoms with Gasteiger partial charge in [0.15, 0.2) is 37.2 Å². The van der Waals surface area contributed by atoms with Crippen LogP contribution in [0.5, 0.6) is 0 Å². The van der Waals surface area contributed by atoms with Gasteiger partial charge in [-0.2, -0.15) is 0 Å². The molecule has 4 rings (SSSR count). The molecular formula is C47H65N4+3. The van der Waals surface area contributed by atoms with Crippen molar-refractivity contribution in [1.29, 1.82) is 0 Å². The van der Waals surface area contributed by atoms with Gasteiger partial charge in [0.1, 0.15) is 19.6 Å². The van der Waals surface area contributed by atoms with Crippen LogP contribution in [0.3, 0.4) is 0 Å². The second-order valence-electron chi connectivity index (χ2n) is 14.8. The fourth-order valence-electron chi connectivity index (χ4n) is 6.65. The first-order chi connectivity index (χ1) is 24.5. The van der Waals surface area contributed by atoms with Crippen molar-refractivity contribution < 1.29 is 13.7 Å². The lowest BCUT2D eigenvalue weighted by atomic mass is 9.89. The summed E-state index contributed by atoms with van der Waals surface area (Å²) in [6.07, 6.45) is 28.8. The van der Waals surface area contributed by atoms with Gasteiger partial charge in [-0.25, -0.2) is 13.7 Å². The molecule has 4 aromatic rings. The molecule has 51 heavy (non-hydrogen) atoms. The van der Waals surface area contributed by atoms with Gasteiger partial charge in [0.2, 0.25) is 0 Å². The zero-order valence-corrected chi connectivity index (χ0v) is 33.4. The molecule has 1 aromatic carbocycles. The van der Waals surface area contributed by atoms with Crippen molar-refractivity contribution in [2.45, 2.75) is 133 Å². The number of benzene rings is 1. The largest absolute Gasteiger partial charge is 0.293 e. The number of pyridine rings is 3. The second kappa shape index (κ2) is 20.0. The summed E-state index contributed by atoms with van der Waals surface area (Å²) in [5.74, 6) is 0. The maximum absolute atomic E-state index is 4.77. The fourth-order valence-corrected chi connectivity index (χ4v) is 6.65. The van der Waals surface area contributed by atoms with Crippen LogP contribution in [0.2, 0.25) is 0 Å². The number of nitrogens with zero attached hydrogens (tertiary/aromatic N) is 4. The molecule has 0 aliphatic carbocycles. The summed E-state index contributed by atoms with van der Waals surface area (Å²) >= 11 is 0. The molecule has 0 atom stereocenters. The average molecular weight is 686 g/mol. The summed E-state index contributed by atoms with van der Waals surface area (Å²) < 4.78 is 7.09. The Hall–Kier alpha value is -4.18. The highest BCUT2D eigenvalue weighted by molar-refractivity contribution is 5.73. The number of aryl methyl sites for hydroxylation is 13. The molecule has 0 spiro atoms. The van der Waals surface area contributed by atoms with Gasteiger partial charge in [0.05, 0.1) is 0 Å². The lowest BCUT2D eigenvalue weighted by Crippen LogP contribution is -2.34. The van der Waals surface area contributed by atoms with E-state index in [1.54, 1.807) is 5.56 Å². The van der Waals surface area contributed by atoms with Crippen LogP contribution in [-0.2, 0) is 45.3 Å².